The summed E-state index contributed by atoms with van der Waals surface area (Å²) < 4.78 is 1.03. The first-order valence-electron chi connectivity index (χ1n) is 8.49. The Kier molecular flexibility index (Phi) is 4.27. The molecule has 2 atom stereocenters. The molecule has 0 radical (unpaired) electrons. The third-order valence-electron chi connectivity index (χ3n) is 4.77. The van der Waals surface area contributed by atoms with Gasteiger partial charge in [0.2, 0.25) is 5.95 Å². The number of hydrogen-bond acceptors (Lipinski definition) is 7. The minimum absolute atomic E-state index is 0.0311. The summed E-state index contributed by atoms with van der Waals surface area (Å²) in [5.41, 5.74) is 1.89. The normalized spacial score (nSPS) is 20.7. The van der Waals surface area contributed by atoms with Crippen LogP contribution in [0.25, 0.3) is 21.3 Å². The molecule has 1 aromatic carbocycles. The molecular formula is C18H20N4O2S. The lowest BCUT2D eigenvalue weighted by Gasteiger charge is -2.28. The van der Waals surface area contributed by atoms with Crippen molar-refractivity contribution < 1.29 is 10.2 Å². The zero-order valence-corrected chi connectivity index (χ0v) is 14.8. The lowest BCUT2D eigenvalue weighted by atomic mass is 9.93. The van der Waals surface area contributed by atoms with E-state index >= 15 is 0 Å². The minimum atomic E-state index is -0.373. The van der Waals surface area contributed by atoms with Crippen LogP contribution in [0.15, 0.2) is 23.6 Å². The molecule has 25 heavy (non-hydrogen) atoms. The predicted octanol–water partition coefficient (Wildman–Crippen LogP) is 3.48. The van der Waals surface area contributed by atoms with E-state index in [0.29, 0.717) is 22.9 Å². The van der Waals surface area contributed by atoms with Gasteiger partial charge in [-0.2, -0.15) is 0 Å². The fourth-order valence-corrected chi connectivity index (χ4v) is 4.17. The number of nitrogens with zero attached hydrogens (tertiary/aromatic N) is 3. The van der Waals surface area contributed by atoms with Crippen LogP contribution in [0.3, 0.4) is 0 Å². The number of aromatic nitrogens is 3. The average molecular weight is 356 g/mol. The van der Waals surface area contributed by atoms with Crippen LogP contribution in [-0.2, 0) is 0 Å². The van der Waals surface area contributed by atoms with Gasteiger partial charge in [0, 0.05) is 15.6 Å². The topological polar surface area (TPSA) is 91.2 Å². The number of thiophene rings is 1. The van der Waals surface area contributed by atoms with Crippen molar-refractivity contribution in [2.45, 2.75) is 44.8 Å². The first kappa shape index (κ1) is 16.2. The van der Waals surface area contributed by atoms with E-state index in [4.69, 9.17) is 0 Å². The largest absolute Gasteiger partial charge is 0.507 e. The van der Waals surface area contributed by atoms with Gasteiger partial charge in [0.05, 0.1) is 17.8 Å². The zero-order valence-electron chi connectivity index (χ0n) is 13.9. The Morgan fingerprint density at radius 3 is 2.80 bits per heavy atom. The molecule has 2 heterocycles. The van der Waals surface area contributed by atoms with Gasteiger partial charge in [0.1, 0.15) is 11.4 Å². The zero-order chi connectivity index (χ0) is 17.4. The number of aromatic hydroxyl groups is 1. The van der Waals surface area contributed by atoms with E-state index in [9.17, 15) is 10.2 Å². The van der Waals surface area contributed by atoms with E-state index in [1.165, 1.54) is 0 Å². The van der Waals surface area contributed by atoms with Crippen molar-refractivity contribution in [3.63, 3.8) is 0 Å². The number of fused-ring (bicyclic) bond motifs is 1. The van der Waals surface area contributed by atoms with E-state index in [-0.39, 0.29) is 17.9 Å². The van der Waals surface area contributed by atoms with Crippen LogP contribution >= 0.6 is 11.3 Å². The Bertz CT molecular complexity index is 911. The molecule has 0 aliphatic heterocycles. The van der Waals surface area contributed by atoms with Gasteiger partial charge in [-0.05, 0) is 43.3 Å². The molecule has 7 heteroatoms. The Morgan fingerprint density at radius 1 is 1.16 bits per heavy atom. The molecule has 0 unspecified atom stereocenters. The number of nitrogens with one attached hydrogen (secondary N) is 1. The molecule has 0 spiro atoms. The van der Waals surface area contributed by atoms with Crippen LogP contribution in [0, 0.1) is 6.92 Å². The quantitative estimate of drug-likeness (QED) is 0.665. The van der Waals surface area contributed by atoms with Gasteiger partial charge in [-0.3, -0.25) is 0 Å². The molecule has 130 valence electrons. The Labute approximate surface area is 149 Å². The number of aryl methyl sites for hydroxylation is 1. The van der Waals surface area contributed by atoms with Crippen LogP contribution in [0.2, 0.25) is 0 Å². The van der Waals surface area contributed by atoms with E-state index in [2.05, 4.69) is 20.5 Å². The third kappa shape index (κ3) is 3.05. The van der Waals surface area contributed by atoms with Gasteiger partial charge in [0.15, 0.2) is 0 Å². The first-order valence-corrected chi connectivity index (χ1v) is 9.37. The molecule has 1 fully saturated rings. The summed E-state index contributed by atoms with van der Waals surface area (Å²) in [5.74, 6) is 0.629. The molecule has 0 amide bonds. The maximum Gasteiger partial charge on any atom is 0.243 e. The van der Waals surface area contributed by atoms with Crippen LogP contribution in [0.1, 0.15) is 31.4 Å². The fraction of sp³-hybridized carbons (Fsp3) is 0.389. The van der Waals surface area contributed by atoms with E-state index in [0.717, 1.165) is 35.8 Å². The van der Waals surface area contributed by atoms with Gasteiger partial charge in [0.25, 0.3) is 0 Å². The van der Waals surface area contributed by atoms with Crippen LogP contribution in [0.5, 0.6) is 5.75 Å². The predicted molar refractivity (Wildman–Crippen MR) is 98.9 cm³/mol. The second-order valence-corrected chi connectivity index (χ2v) is 7.41. The summed E-state index contributed by atoms with van der Waals surface area (Å²) in [6.45, 7) is 1.85. The molecule has 1 aliphatic carbocycles. The Balaban J connectivity index is 1.64. The van der Waals surface area contributed by atoms with Crippen molar-refractivity contribution in [1.82, 2.24) is 15.2 Å². The molecule has 3 N–H and O–H groups in total. The Morgan fingerprint density at radius 2 is 2.00 bits per heavy atom. The highest BCUT2D eigenvalue weighted by atomic mass is 32.1. The summed E-state index contributed by atoms with van der Waals surface area (Å²) in [6.07, 6.45) is 3.48. The van der Waals surface area contributed by atoms with Crippen molar-refractivity contribution >= 4 is 27.4 Å². The number of anilines is 1. The summed E-state index contributed by atoms with van der Waals surface area (Å²) in [5, 5.41) is 35.0. The van der Waals surface area contributed by atoms with Crippen molar-refractivity contribution in [2.75, 3.05) is 5.32 Å². The smallest absolute Gasteiger partial charge is 0.243 e. The van der Waals surface area contributed by atoms with Crippen LogP contribution < -0.4 is 5.32 Å². The summed E-state index contributed by atoms with van der Waals surface area (Å²) >= 11 is 1.59. The van der Waals surface area contributed by atoms with Crippen molar-refractivity contribution in [2.24, 2.45) is 0 Å². The lowest BCUT2D eigenvalue weighted by Crippen LogP contribution is -2.37. The molecule has 4 rings (SSSR count). The maximum atomic E-state index is 10.5. The first-order chi connectivity index (χ1) is 12.1. The number of rotatable bonds is 3. The summed E-state index contributed by atoms with van der Waals surface area (Å²) in [4.78, 5) is 4.48. The molecule has 0 saturated heterocycles. The number of benzene rings is 1. The lowest BCUT2D eigenvalue weighted by molar-refractivity contribution is 0.116. The summed E-state index contributed by atoms with van der Waals surface area (Å²) in [7, 11) is 0. The van der Waals surface area contributed by atoms with Crippen molar-refractivity contribution in [3.05, 3.63) is 29.3 Å². The standard InChI is InChI=1S/C18H20N4O2S/c1-10-16(12-6-7-15-11(17(12)24)8-9-25-15)21-22-18(19-10)20-13-4-2-3-5-14(13)23/h6-9,13-14,23-24H,2-5H2,1H3,(H,19,20,22)/t13-,14+/m0/s1. The van der Waals surface area contributed by atoms with Gasteiger partial charge in [-0.1, -0.05) is 12.8 Å². The molecular weight excluding hydrogens is 336 g/mol. The summed E-state index contributed by atoms with van der Waals surface area (Å²) in [6, 6.07) is 5.69. The monoisotopic (exact) mass is 356 g/mol. The molecule has 2 aromatic heterocycles. The van der Waals surface area contributed by atoms with E-state index < -0.39 is 0 Å². The maximum absolute atomic E-state index is 10.5. The van der Waals surface area contributed by atoms with Gasteiger partial charge >= 0.3 is 0 Å². The van der Waals surface area contributed by atoms with Gasteiger partial charge in [-0.25, -0.2) is 4.98 Å². The van der Waals surface area contributed by atoms with Crippen molar-refractivity contribution in [3.8, 4) is 17.0 Å². The molecule has 1 aliphatic rings. The molecule has 0 bridgehead atoms. The van der Waals surface area contributed by atoms with Gasteiger partial charge in [-0.15, -0.1) is 21.5 Å². The molecule has 6 nitrogen and oxygen atoms in total. The number of hydrogen-bond donors (Lipinski definition) is 3. The van der Waals surface area contributed by atoms with Crippen molar-refractivity contribution in [1.29, 1.82) is 0 Å². The Hall–Kier alpha value is -2.25. The fourth-order valence-electron chi connectivity index (χ4n) is 3.38. The highest BCUT2D eigenvalue weighted by Gasteiger charge is 2.24. The van der Waals surface area contributed by atoms with Crippen LogP contribution in [0.4, 0.5) is 5.95 Å². The molecule has 3 aromatic rings. The SMILES string of the molecule is Cc1nc(N[C@H]2CCCC[C@H]2O)nnc1-c1ccc2sccc2c1O. The van der Waals surface area contributed by atoms with Gasteiger partial charge < -0.3 is 15.5 Å². The third-order valence-corrected chi connectivity index (χ3v) is 5.65. The average Bonchev–Trinajstić information content (AvgIpc) is 3.08. The van der Waals surface area contributed by atoms with E-state index in [1.54, 1.807) is 11.3 Å². The second kappa shape index (κ2) is 6.57. The van der Waals surface area contributed by atoms with E-state index in [1.807, 2.05) is 30.5 Å². The number of aliphatic hydroxyl groups is 1. The number of phenolic OH excluding ortho intramolecular Hbond substituents is 1. The highest BCUT2D eigenvalue weighted by Crippen LogP contribution is 2.37. The highest BCUT2D eigenvalue weighted by molar-refractivity contribution is 7.17. The minimum Gasteiger partial charge on any atom is -0.507 e. The van der Waals surface area contributed by atoms with Crippen LogP contribution in [-0.4, -0.2) is 37.5 Å². The molecule has 1 saturated carbocycles. The number of aliphatic hydroxyl groups excluding tert-OH is 1. The second-order valence-electron chi connectivity index (χ2n) is 6.47. The number of phenols is 1.